The van der Waals surface area contributed by atoms with Gasteiger partial charge in [-0.15, -0.1) is 0 Å². The van der Waals surface area contributed by atoms with E-state index in [9.17, 15) is 8.42 Å². The third-order valence-electron chi connectivity index (χ3n) is 3.83. The van der Waals surface area contributed by atoms with E-state index in [0.717, 1.165) is 22.4 Å². The van der Waals surface area contributed by atoms with E-state index in [1.807, 2.05) is 26.1 Å². The van der Waals surface area contributed by atoms with E-state index in [2.05, 4.69) is 14.8 Å². The Morgan fingerprint density at radius 2 is 2.00 bits per heavy atom. The smallest absolute Gasteiger partial charge is 0.240 e. The van der Waals surface area contributed by atoms with E-state index in [4.69, 9.17) is 11.6 Å². The number of nitrogens with zero attached hydrogens (tertiary/aromatic N) is 3. The van der Waals surface area contributed by atoms with Gasteiger partial charge in [-0.3, -0.25) is 9.67 Å². The number of nitrogens with one attached hydrogen (secondary N) is 1. The molecule has 0 aliphatic heterocycles. The molecule has 0 bridgehead atoms. The Balaban J connectivity index is 1.79. The zero-order chi connectivity index (χ0) is 18.0. The molecule has 3 aromatic rings. The molecule has 8 heteroatoms. The van der Waals surface area contributed by atoms with Gasteiger partial charge in [0.05, 0.1) is 10.6 Å². The van der Waals surface area contributed by atoms with Gasteiger partial charge >= 0.3 is 0 Å². The lowest BCUT2D eigenvalue weighted by atomic mass is 10.1. The fourth-order valence-electron chi connectivity index (χ4n) is 2.38. The Bertz CT molecular complexity index is 1010. The zero-order valence-corrected chi connectivity index (χ0v) is 15.3. The first-order chi connectivity index (χ1) is 11.9. The molecule has 6 nitrogen and oxygen atoms in total. The summed E-state index contributed by atoms with van der Waals surface area (Å²) in [5.74, 6) is 0. The minimum Gasteiger partial charge on any atom is -0.268 e. The van der Waals surface area contributed by atoms with E-state index in [1.165, 1.54) is 12.1 Å². The highest BCUT2D eigenvalue weighted by Crippen LogP contribution is 2.21. The molecule has 1 N–H and O–H groups in total. The first kappa shape index (κ1) is 17.6. The average Bonchev–Trinajstić information content (AvgIpc) is 3.02. The SMILES string of the molecule is Cc1ccc(S(=O)(=O)NCc2cncc(-c3ccnn3C)c2)cc1Cl. The maximum Gasteiger partial charge on any atom is 0.240 e. The molecule has 3 rings (SSSR count). The third-order valence-corrected chi connectivity index (χ3v) is 5.64. The summed E-state index contributed by atoms with van der Waals surface area (Å²) in [6.45, 7) is 1.95. The van der Waals surface area contributed by atoms with Crippen LogP contribution in [-0.4, -0.2) is 23.2 Å². The fourth-order valence-corrected chi connectivity index (χ4v) is 3.67. The van der Waals surface area contributed by atoms with E-state index in [1.54, 1.807) is 29.3 Å². The molecule has 0 aliphatic rings. The van der Waals surface area contributed by atoms with Crippen LogP contribution in [0, 0.1) is 6.92 Å². The van der Waals surface area contributed by atoms with Crippen LogP contribution in [0.4, 0.5) is 0 Å². The molecule has 0 atom stereocenters. The second-order valence-electron chi connectivity index (χ2n) is 5.66. The highest BCUT2D eigenvalue weighted by atomic mass is 35.5. The highest BCUT2D eigenvalue weighted by Gasteiger charge is 2.15. The topological polar surface area (TPSA) is 76.9 Å². The lowest BCUT2D eigenvalue weighted by Gasteiger charge is -2.09. The zero-order valence-electron chi connectivity index (χ0n) is 13.8. The Kier molecular flexibility index (Phi) is 4.89. The van der Waals surface area contributed by atoms with Crippen LogP contribution in [0.5, 0.6) is 0 Å². The quantitative estimate of drug-likeness (QED) is 0.742. The van der Waals surface area contributed by atoms with E-state index >= 15 is 0 Å². The van der Waals surface area contributed by atoms with Crippen molar-refractivity contribution in [2.24, 2.45) is 7.05 Å². The molecule has 2 heterocycles. The summed E-state index contributed by atoms with van der Waals surface area (Å²) in [6.07, 6.45) is 5.05. The number of benzene rings is 1. The predicted molar refractivity (Wildman–Crippen MR) is 96.7 cm³/mol. The van der Waals surface area contributed by atoms with Gasteiger partial charge in [0.15, 0.2) is 0 Å². The van der Waals surface area contributed by atoms with Crippen LogP contribution in [-0.2, 0) is 23.6 Å². The van der Waals surface area contributed by atoms with Crippen LogP contribution in [0.2, 0.25) is 5.02 Å². The molecule has 0 fully saturated rings. The van der Waals surface area contributed by atoms with Crippen molar-refractivity contribution in [3.05, 3.63) is 65.1 Å². The normalized spacial score (nSPS) is 11.6. The molecule has 0 amide bonds. The molecular formula is C17H17ClN4O2S. The van der Waals surface area contributed by atoms with Crippen molar-refractivity contribution >= 4 is 21.6 Å². The number of aromatic nitrogens is 3. The number of pyridine rings is 1. The lowest BCUT2D eigenvalue weighted by molar-refractivity contribution is 0.581. The molecular weight excluding hydrogens is 360 g/mol. The minimum absolute atomic E-state index is 0.131. The second-order valence-corrected chi connectivity index (χ2v) is 7.83. The average molecular weight is 377 g/mol. The van der Waals surface area contributed by atoms with Crippen molar-refractivity contribution in [1.82, 2.24) is 19.5 Å². The van der Waals surface area contributed by atoms with Gasteiger partial charge in [0.1, 0.15) is 0 Å². The van der Waals surface area contributed by atoms with Gasteiger partial charge in [-0.2, -0.15) is 5.10 Å². The summed E-state index contributed by atoms with van der Waals surface area (Å²) >= 11 is 6.02. The standard InChI is InChI=1S/C17H17ClN4O2S/c1-12-3-4-15(8-16(12)18)25(23,24)21-10-13-7-14(11-19-9-13)17-5-6-20-22(17)2/h3-9,11,21H,10H2,1-2H3. The monoisotopic (exact) mass is 376 g/mol. The third kappa shape index (κ3) is 3.89. The van der Waals surface area contributed by atoms with Crippen molar-refractivity contribution in [3.8, 4) is 11.3 Å². The summed E-state index contributed by atoms with van der Waals surface area (Å²) in [4.78, 5) is 4.32. The number of sulfonamides is 1. The van der Waals surface area contributed by atoms with Crippen molar-refractivity contribution in [1.29, 1.82) is 0 Å². The van der Waals surface area contributed by atoms with Gasteiger partial charge in [-0.1, -0.05) is 17.7 Å². The second kappa shape index (κ2) is 6.95. The molecule has 25 heavy (non-hydrogen) atoms. The highest BCUT2D eigenvalue weighted by molar-refractivity contribution is 7.89. The molecule has 0 spiro atoms. The van der Waals surface area contributed by atoms with Crippen molar-refractivity contribution in [3.63, 3.8) is 0 Å². The van der Waals surface area contributed by atoms with E-state index in [-0.39, 0.29) is 11.4 Å². The number of halogens is 1. The molecule has 130 valence electrons. The summed E-state index contributed by atoms with van der Waals surface area (Å²) in [7, 11) is -1.81. The van der Waals surface area contributed by atoms with E-state index in [0.29, 0.717) is 5.02 Å². The fraction of sp³-hybridized carbons (Fsp3) is 0.176. The van der Waals surface area contributed by atoms with Crippen molar-refractivity contribution in [2.75, 3.05) is 0 Å². The van der Waals surface area contributed by atoms with Crippen molar-refractivity contribution in [2.45, 2.75) is 18.4 Å². The van der Waals surface area contributed by atoms with Crippen LogP contribution in [0.1, 0.15) is 11.1 Å². The van der Waals surface area contributed by atoms with Crippen LogP contribution >= 0.6 is 11.6 Å². The van der Waals surface area contributed by atoms with Gasteiger partial charge < -0.3 is 0 Å². The Hall–Kier alpha value is -2.22. The van der Waals surface area contributed by atoms with Gasteiger partial charge in [-0.25, -0.2) is 13.1 Å². The van der Waals surface area contributed by atoms with Crippen LogP contribution < -0.4 is 4.72 Å². The van der Waals surface area contributed by atoms with E-state index < -0.39 is 10.0 Å². The van der Waals surface area contributed by atoms with Crippen LogP contribution in [0.3, 0.4) is 0 Å². The largest absolute Gasteiger partial charge is 0.268 e. The summed E-state index contributed by atoms with van der Waals surface area (Å²) < 4.78 is 29.2. The Labute approximate surface area is 151 Å². The van der Waals surface area contributed by atoms with Gasteiger partial charge in [0, 0.05) is 42.8 Å². The lowest BCUT2D eigenvalue weighted by Crippen LogP contribution is -2.23. The summed E-state index contributed by atoms with van der Waals surface area (Å²) in [5, 5.41) is 4.55. The Morgan fingerprint density at radius 3 is 2.68 bits per heavy atom. The first-order valence-electron chi connectivity index (χ1n) is 7.55. The molecule has 0 saturated heterocycles. The molecule has 0 radical (unpaired) electrons. The van der Waals surface area contributed by atoms with Crippen LogP contribution in [0.15, 0.2) is 53.8 Å². The minimum atomic E-state index is -3.65. The van der Waals surface area contributed by atoms with Gasteiger partial charge in [0.25, 0.3) is 0 Å². The number of hydrogen-bond acceptors (Lipinski definition) is 4. The molecule has 0 unspecified atom stereocenters. The molecule has 0 aliphatic carbocycles. The Morgan fingerprint density at radius 1 is 1.20 bits per heavy atom. The molecule has 2 aromatic heterocycles. The first-order valence-corrected chi connectivity index (χ1v) is 9.41. The molecule has 1 aromatic carbocycles. The van der Waals surface area contributed by atoms with Gasteiger partial charge in [0.2, 0.25) is 10.0 Å². The number of hydrogen-bond donors (Lipinski definition) is 1. The maximum atomic E-state index is 12.4. The summed E-state index contributed by atoms with van der Waals surface area (Å²) in [6, 6.07) is 8.42. The van der Waals surface area contributed by atoms with Gasteiger partial charge in [-0.05, 0) is 42.3 Å². The predicted octanol–water partition coefficient (Wildman–Crippen LogP) is 2.92. The number of rotatable bonds is 5. The number of aryl methyl sites for hydroxylation is 2. The summed E-state index contributed by atoms with van der Waals surface area (Å²) in [5.41, 5.74) is 3.35. The van der Waals surface area contributed by atoms with Crippen molar-refractivity contribution < 1.29 is 8.42 Å². The van der Waals surface area contributed by atoms with Crippen LogP contribution in [0.25, 0.3) is 11.3 Å². The maximum absolute atomic E-state index is 12.4. The molecule has 0 saturated carbocycles.